The lowest BCUT2D eigenvalue weighted by atomic mass is 9.82. The number of benzene rings is 2. The molecule has 0 amide bonds. The van der Waals surface area contributed by atoms with Crippen molar-refractivity contribution in [2.45, 2.75) is 42.3 Å². The largest absolute Gasteiger partial charge is 0.483 e. The van der Waals surface area contributed by atoms with Gasteiger partial charge in [-0.3, -0.25) is 9.52 Å². The first-order valence-electron chi connectivity index (χ1n) is 12.8. The molecule has 1 fully saturated rings. The number of hydrogen-bond acceptors (Lipinski definition) is 7. The standard InChI is InChI=1S/C26H27ClF5N5O2S.CH2O2/c1-36(2)25(9-6-17-12-18(26(30,31)32)4-5-20(17)27)8-3-11-37(15-25)19-13-21(28)24(22(29)14-19)40(38,39)35-23-7-10-33-16-34-23;2-1-3/h4-5,7,10,12-14,16H,3,6,8-9,11,15H2,1-2H3,(H,33,34,35);1H,(H,2,3)/t25-;/m0./s1. The number of aromatic nitrogens is 2. The fourth-order valence-corrected chi connectivity index (χ4v) is 6.30. The Labute approximate surface area is 250 Å². The maximum Gasteiger partial charge on any atom is 0.416 e. The van der Waals surface area contributed by atoms with Gasteiger partial charge < -0.3 is 14.9 Å². The second-order valence-electron chi connectivity index (χ2n) is 9.99. The highest BCUT2D eigenvalue weighted by atomic mass is 35.5. The summed E-state index contributed by atoms with van der Waals surface area (Å²) in [5.74, 6) is -2.69. The number of nitrogens with one attached hydrogen (secondary N) is 1. The Kier molecular flexibility index (Phi) is 10.9. The lowest BCUT2D eigenvalue weighted by Gasteiger charge is -2.48. The van der Waals surface area contributed by atoms with Gasteiger partial charge in [0.2, 0.25) is 0 Å². The zero-order valence-corrected chi connectivity index (χ0v) is 24.6. The minimum absolute atomic E-state index is 0.148. The summed E-state index contributed by atoms with van der Waals surface area (Å²) < 4.78 is 97.4. The van der Waals surface area contributed by atoms with Crippen LogP contribution in [0.1, 0.15) is 30.4 Å². The van der Waals surface area contributed by atoms with E-state index in [1.165, 1.54) is 18.3 Å². The zero-order chi connectivity index (χ0) is 32.0. The van der Waals surface area contributed by atoms with Gasteiger partial charge in [0.15, 0.2) is 4.90 Å². The lowest BCUT2D eigenvalue weighted by Crippen LogP contribution is -2.56. The van der Waals surface area contributed by atoms with Crippen molar-refractivity contribution < 1.29 is 40.3 Å². The zero-order valence-electron chi connectivity index (χ0n) is 23.1. The molecule has 1 saturated heterocycles. The molecule has 0 saturated carbocycles. The van der Waals surface area contributed by atoms with Crippen molar-refractivity contribution in [1.82, 2.24) is 14.9 Å². The molecule has 1 aliphatic heterocycles. The highest BCUT2D eigenvalue weighted by molar-refractivity contribution is 7.92. The molecular formula is C27H29ClF5N5O4S. The first kappa shape index (κ1) is 33.9. The van der Waals surface area contributed by atoms with Crippen LogP contribution >= 0.6 is 11.6 Å². The van der Waals surface area contributed by atoms with Crippen LogP contribution in [0.3, 0.4) is 0 Å². The number of aryl methyl sites for hydroxylation is 1. The number of nitrogens with zero attached hydrogens (tertiary/aromatic N) is 4. The Morgan fingerprint density at radius 2 is 1.81 bits per heavy atom. The number of rotatable bonds is 8. The van der Waals surface area contributed by atoms with E-state index in [-0.39, 0.29) is 29.4 Å². The van der Waals surface area contributed by atoms with Gasteiger partial charge in [0.05, 0.1) is 5.56 Å². The molecule has 9 nitrogen and oxygen atoms in total. The van der Waals surface area contributed by atoms with Crippen LogP contribution in [0.5, 0.6) is 0 Å². The average Bonchev–Trinajstić information content (AvgIpc) is 2.92. The van der Waals surface area contributed by atoms with Crippen molar-refractivity contribution in [3.8, 4) is 0 Å². The summed E-state index contributed by atoms with van der Waals surface area (Å²) in [6.45, 7) is 0.505. The highest BCUT2D eigenvalue weighted by Gasteiger charge is 2.39. The van der Waals surface area contributed by atoms with Crippen LogP contribution in [0.25, 0.3) is 0 Å². The number of alkyl halides is 3. The third-order valence-corrected chi connectivity index (χ3v) is 8.95. The molecule has 1 atom stereocenters. The van der Waals surface area contributed by atoms with E-state index in [0.717, 1.165) is 30.6 Å². The Bertz CT molecular complexity index is 1510. The van der Waals surface area contributed by atoms with E-state index < -0.39 is 43.8 Å². The smallest absolute Gasteiger partial charge is 0.416 e. The first-order valence-corrected chi connectivity index (χ1v) is 14.6. The Morgan fingerprint density at radius 1 is 1.16 bits per heavy atom. The van der Waals surface area contributed by atoms with Gasteiger partial charge in [0, 0.05) is 35.5 Å². The fourth-order valence-electron chi connectivity index (χ4n) is 4.96. The van der Waals surface area contributed by atoms with Gasteiger partial charge in [-0.1, -0.05) is 11.6 Å². The number of sulfonamides is 1. The molecule has 2 N–H and O–H groups in total. The van der Waals surface area contributed by atoms with E-state index in [0.29, 0.717) is 37.9 Å². The third-order valence-electron chi connectivity index (χ3n) is 7.17. The van der Waals surface area contributed by atoms with Crippen LogP contribution in [0.4, 0.5) is 33.5 Å². The van der Waals surface area contributed by atoms with Gasteiger partial charge in [-0.05, 0) is 81.7 Å². The van der Waals surface area contributed by atoms with Gasteiger partial charge in [-0.15, -0.1) is 0 Å². The molecule has 0 bridgehead atoms. The van der Waals surface area contributed by atoms with Crippen LogP contribution in [0, 0.1) is 11.6 Å². The van der Waals surface area contributed by atoms with Gasteiger partial charge in [0.1, 0.15) is 23.8 Å². The third kappa shape index (κ3) is 8.30. The molecule has 0 unspecified atom stereocenters. The maximum absolute atomic E-state index is 15.1. The molecule has 234 valence electrons. The average molecular weight is 650 g/mol. The summed E-state index contributed by atoms with van der Waals surface area (Å²) in [4.78, 5) is 18.3. The van der Waals surface area contributed by atoms with E-state index in [4.69, 9.17) is 21.5 Å². The lowest BCUT2D eigenvalue weighted by molar-refractivity contribution is -0.137. The van der Waals surface area contributed by atoms with Crippen LogP contribution in [-0.2, 0) is 27.4 Å². The summed E-state index contributed by atoms with van der Waals surface area (Å²) in [6.07, 6.45) is -0.142. The van der Waals surface area contributed by atoms with Crippen molar-refractivity contribution in [3.63, 3.8) is 0 Å². The molecule has 43 heavy (non-hydrogen) atoms. The van der Waals surface area contributed by atoms with Gasteiger partial charge in [-0.2, -0.15) is 13.2 Å². The van der Waals surface area contributed by atoms with Crippen molar-refractivity contribution in [2.75, 3.05) is 36.8 Å². The van der Waals surface area contributed by atoms with Gasteiger partial charge in [-0.25, -0.2) is 27.2 Å². The molecule has 1 aromatic heterocycles. The number of halogens is 6. The highest BCUT2D eigenvalue weighted by Crippen LogP contribution is 2.37. The van der Waals surface area contributed by atoms with E-state index >= 15 is 8.78 Å². The van der Waals surface area contributed by atoms with Crippen molar-refractivity contribution in [2.24, 2.45) is 0 Å². The quantitative estimate of drug-likeness (QED) is 0.244. The molecule has 2 aromatic carbocycles. The SMILES string of the molecule is CN(C)[C@]1(CCc2cc(C(F)(F)F)ccc2Cl)CCCN(c2cc(F)c(S(=O)(=O)Nc3ccncn3)c(F)c2)C1.O=CO. The summed E-state index contributed by atoms with van der Waals surface area (Å²) in [6, 6.07) is 6.39. The number of anilines is 2. The van der Waals surface area contributed by atoms with E-state index in [2.05, 4.69) is 9.97 Å². The molecular weight excluding hydrogens is 621 g/mol. The predicted molar refractivity (Wildman–Crippen MR) is 151 cm³/mol. The topological polar surface area (TPSA) is 116 Å². The molecule has 4 rings (SSSR count). The number of piperidine rings is 1. The minimum atomic E-state index is -4.63. The van der Waals surface area contributed by atoms with Crippen LogP contribution in [0.15, 0.2) is 53.8 Å². The van der Waals surface area contributed by atoms with E-state index in [9.17, 15) is 21.6 Å². The van der Waals surface area contributed by atoms with Crippen LogP contribution in [-0.4, -0.2) is 67.6 Å². The van der Waals surface area contributed by atoms with Crippen molar-refractivity contribution >= 4 is 39.6 Å². The van der Waals surface area contributed by atoms with Gasteiger partial charge in [0.25, 0.3) is 16.5 Å². The van der Waals surface area contributed by atoms with Crippen LogP contribution in [0.2, 0.25) is 5.02 Å². The Balaban J connectivity index is 0.00000162. The molecule has 0 aliphatic carbocycles. The number of likely N-dealkylation sites (N-methyl/N-ethyl adjacent to an activating group) is 1. The summed E-state index contributed by atoms with van der Waals surface area (Å²) in [5.41, 5.74) is -0.829. The molecule has 0 spiro atoms. The van der Waals surface area contributed by atoms with Crippen LogP contribution < -0.4 is 9.62 Å². The Morgan fingerprint density at radius 3 is 2.37 bits per heavy atom. The summed E-state index contributed by atoms with van der Waals surface area (Å²) in [7, 11) is -0.945. The Hall–Kier alpha value is -3.56. The number of carbonyl (C=O) groups is 1. The maximum atomic E-state index is 15.1. The minimum Gasteiger partial charge on any atom is -0.483 e. The first-order chi connectivity index (χ1) is 20.1. The summed E-state index contributed by atoms with van der Waals surface area (Å²) in [5, 5.41) is 7.12. The van der Waals surface area contributed by atoms with Gasteiger partial charge >= 0.3 is 6.18 Å². The number of hydrogen-bond donors (Lipinski definition) is 2. The second-order valence-corrected chi connectivity index (χ2v) is 12.0. The van der Waals surface area contributed by atoms with Crippen molar-refractivity contribution in [1.29, 1.82) is 0 Å². The molecule has 3 aromatic rings. The monoisotopic (exact) mass is 649 g/mol. The molecule has 2 heterocycles. The van der Waals surface area contributed by atoms with E-state index in [1.54, 1.807) is 4.90 Å². The molecule has 0 radical (unpaired) electrons. The number of carboxylic acid groups (broad SMARTS) is 1. The molecule has 16 heteroatoms. The normalized spacial score (nSPS) is 17.3. The summed E-state index contributed by atoms with van der Waals surface area (Å²) >= 11 is 6.22. The van der Waals surface area contributed by atoms with E-state index in [1.807, 2.05) is 23.7 Å². The molecule has 1 aliphatic rings. The second kappa shape index (κ2) is 13.8. The van der Waals surface area contributed by atoms with Crippen molar-refractivity contribution in [3.05, 3.63) is 76.7 Å². The fraction of sp³-hybridized carbons (Fsp3) is 0.370. The predicted octanol–water partition coefficient (Wildman–Crippen LogP) is 5.46.